The highest BCUT2D eigenvalue weighted by Gasteiger charge is 2.18. The highest BCUT2D eigenvalue weighted by atomic mass is 79.9. The molecular weight excluding hydrogens is 350 g/mol. The van der Waals surface area contributed by atoms with E-state index in [0.29, 0.717) is 5.82 Å². The third-order valence-electron chi connectivity index (χ3n) is 3.60. The van der Waals surface area contributed by atoms with Gasteiger partial charge >= 0.3 is 0 Å². The molecule has 3 rings (SSSR count). The number of para-hydroxylation sites is 1. The summed E-state index contributed by atoms with van der Waals surface area (Å²) in [6.07, 6.45) is 3.39. The van der Waals surface area contributed by atoms with Crippen molar-refractivity contribution < 1.29 is 8.78 Å². The fourth-order valence-corrected chi connectivity index (χ4v) is 2.91. The Bertz CT molecular complexity index is 836. The van der Waals surface area contributed by atoms with E-state index in [1.165, 1.54) is 12.1 Å². The van der Waals surface area contributed by atoms with Crippen molar-refractivity contribution in [2.45, 2.75) is 13.8 Å². The van der Waals surface area contributed by atoms with Gasteiger partial charge in [-0.15, -0.1) is 0 Å². The van der Waals surface area contributed by atoms with Gasteiger partial charge in [-0.25, -0.2) is 13.8 Å². The fourth-order valence-electron chi connectivity index (χ4n) is 2.57. The minimum Gasteiger partial charge on any atom is -0.299 e. The zero-order valence-electron chi connectivity index (χ0n) is 12.1. The molecule has 1 heterocycles. The molecule has 0 saturated heterocycles. The zero-order valence-corrected chi connectivity index (χ0v) is 13.7. The molecule has 2 nitrogen and oxygen atoms in total. The standard InChI is InChI=1S/C17H13BrF2N2/c1-10-4-3-5-11(2)16(10)22-9-8-21-17(22)12-6-7-13(19)14(18)15(12)20/h3-9H,1-2H3. The van der Waals surface area contributed by atoms with E-state index in [2.05, 4.69) is 20.9 Å². The van der Waals surface area contributed by atoms with E-state index in [9.17, 15) is 8.78 Å². The van der Waals surface area contributed by atoms with Crippen LogP contribution >= 0.6 is 15.9 Å². The van der Waals surface area contributed by atoms with Gasteiger partial charge in [0.2, 0.25) is 0 Å². The lowest BCUT2D eigenvalue weighted by Crippen LogP contribution is -2.03. The predicted molar refractivity (Wildman–Crippen MR) is 86.1 cm³/mol. The number of benzene rings is 2. The Morgan fingerprint density at radius 2 is 1.73 bits per heavy atom. The normalized spacial score (nSPS) is 11.0. The fraction of sp³-hybridized carbons (Fsp3) is 0.118. The van der Waals surface area contributed by atoms with Crippen LogP contribution in [-0.2, 0) is 0 Å². The summed E-state index contributed by atoms with van der Waals surface area (Å²) in [5, 5.41) is 0. The van der Waals surface area contributed by atoms with Gasteiger partial charge in [0, 0.05) is 12.4 Å². The predicted octanol–water partition coefficient (Wildman–Crippen LogP) is 5.20. The van der Waals surface area contributed by atoms with Gasteiger partial charge in [0.25, 0.3) is 0 Å². The average molecular weight is 363 g/mol. The maximum Gasteiger partial charge on any atom is 0.151 e. The summed E-state index contributed by atoms with van der Waals surface area (Å²) in [4.78, 5) is 4.26. The summed E-state index contributed by atoms with van der Waals surface area (Å²) >= 11 is 2.94. The molecule has 112 valence electrons. The summed E-state index contributed by atoms with van der Waals surface area (Å²) in [5.41, 5.74) is 3.32. The molecule has 0 bridgehead atoms. The smallest absolute Gasteiger partial charge is 0.151 e. The number of aryl methyl sites for hydroxylation is 2. The maximum atomic E-state index is 14.4. The lowest BCUT2D eigenvalue weighted by atomic mass is 10.1. The van der Waals surface area contributed by atoms with E-state index in [1.807, 2.05) is 36.6 Å². The highest BCUT2D eigenvalue weighted by Crippen LogP contribution is 2.31. The molecule has 0 aliphatic heterocycles. The van der Waals surface area contributed by atoms with E-state index >= 15 is 0 Å². The molecule has 0 aliphatic carbocycles. The van der Waals surface area contributed by atoms with Crippen molar-refractivity contribution in [3.63, 3.8) is 0 Å². The molecule has 0 aliphatic rings. The Hall–Kier alpha value is -2.01. The van der Waals surface area contributed by atoms with Crippen LogP contribution in [0.3, 0.4) is 0 Å². The van der Waals surface area contributed by atoms with Crippen molar-refractivity contribution in [2.24, 2.45) is 0 Å². The second kappa shape index (κ2) is 5.65. The first-order valence-corrected chi connectivity index (χ1v) is 7.54. The first-order valence-electron chi connectivity index (χ1n) is 6.74. The molecule has 0 N–H and O–H groups in total. The minimum atomic E-state index is -0.654. The lowest BCUT2D eigenvalue weighted by Gasteiger charge is -2.14. The molecule has 0 spiro atoms. The minimum absolute atomic E-state index is 0.180. The van der Waals surface area contributed by atoms with Gasteiger partial charge in [0.05, 0.1) is 15.7 Å². The molecule has 5 heteroatoms. The zero-order chi connectivity index (χ0) is 15.9. The third kappa shape index (κ3) is 2.35. The third-order valence-corrected chi connectivity index (χ3v) is 4.32. The Kier molecular flexibility index (Phi) is 3.83. The van der Waals surface area contributed by atoms with E-state index < -0.39 is 11.6 Å². The van der Waals surface area contributed by atoms with Crippen LogP contribution in [0, 0.1) is 25.5 Å². The second-order valence-electron chi connectivity index (χ2n) is 5.08. The number of imidazole rings is 1. The van der Waals surface area contributed by atoms with E-state index in [0.717, 1.165) is 16.8 Å². The Balaban J connectivity index is 2.25. The van der Waals surface area contributed by atoms with Gasteiger partial charge in [0.1, 0.15) is 11.6 Å². The molecule has 22 heavy (non-hydrogen) atoms. The number of aromatic nitrogens is 2. The van der Waals surface area contributed by atoms with Gasteiger partial charge in [-0.2, -0.15) is 0 Å². The number of hydrogen-bond donors (Lipinski definition) is 0. The van der Waals surface area contributed by atoms with Crippen molar-refractivity contribution in [2.75, 3.05) is 0 Å². The molecule has 2 aromatic carbocycles. The van der Waals surface area contributed by atoms with E-state index in [1.54, 1.807) is 12.4 Å². The van der Waals surface area contributed by atoms with E-state index in [-0.39, 0.29) is 10.0 Å². The largest absolute Gasteiger partial charge is 0.299 e. The SMILES string of the molecule is Cc1cccc(C)c1-n1ccnc1-c1ccc(F)c(Br)c1F. The van der Waals surface area contributed by atoms with Gasteiger partial charge in [-0.1, -0.05) is 18.2 Å². The van der Waals surface area contributed by atoms with Gasteiger partial charge < -0.3 is 0 Å². The second-order valence-corrected chi connectivity index (χ2v) is 5.88. The van der Waals surface area contributed by atoms with Gasteiger partial charge in [-0.05, 0) is 53.0 Å². The van der Waals surface area contributed by atoms with Crippen LogP contribution in [0.1, 0.15) is 11.1 Å². The van der Waals surface area contributed by atoms with Crippen LogP contribution in [0.15, 0.2) is 47.2 Å². The summed E-state index contributed by atoms with van der Waals surface area (Å²) in [6.45, 7) is 3.98. The molecule has 0 fully saturated rings. The Morgan fingerprint density at radius 1 is 1.05 bits per heavy atom. The molecule has 0 saturated carbocycles. The average Bonchev–Trinajstić information content (AvgIpc) is 2.94. The van der Waals surface area contributed by atoms with Gasteiger partial charge in [0.15, 0.2) is 5.82 Å². The summed E-state index contributed by atoms with van der Waals surface area (Å²) in [5.74, 6) is -0.847. The van der Waals surface area contributed by atoms with Crippen LogP contribution in [0.2, 0.25) is 0 Å². The lowest BCUT2D eigenvalue weighted by molar-refractivity contribution is 0.573. The highest BCUT2D eigenvalue weighted by molar-refractivity contribution is 9.10. The first-order chi connectivity index (χ1) is 10.5. The maximum absolute atomic E-state index is 14.4. The van der Waals surface area contributed by atoms with Crippen LogP contribution in [-0.4, -0.2) is 9.55 Å². The quantitative estimate of drug-likeness (QED) is 0.573. The molecule has 3 aromatic rings. The number of nitrogens with zero attached hydrogens (tertiary/aromatic N) is 2. The monoisotopic (exact) mass is 362 g/mol. The molecule has 0 radical (unpaired) electrons. The Morgan fingerprint density at radius 3 is 2.41 bits per heavy atom. The number of rotatable bonds is 2. The van der Waals surface area contributed by atoms with Gasteiger partial charge in [-0.3, -0.25) is 4.57 Å². The molecule has 0 amide bonds. The summed E-state index contributed by atoms with van der Waals surface area (Å²) < 4.78 is 29.5. The van der Waals surface area contributed by atoms with Crippen molar-refractivity contribution in [3.05, 3.63) is 70.0 Å². The van der Waals surface area contributed by atoms with Crippen molar-refractivity contribution in [1.29, 1.82) is 0 Å². The van der Waals surface area contributed by atoms with Crippen molar-refractivity contribution in [3.8, 4) is 17.1 Å². The van der Waals surface area contributed by atoms with Crippen LogP contribution in [0.4, 0.5) is 8.78 Å². The Labute approximate surface area is 135 Å². The first kappa shape index (κ1) is 14.9. The molecule has 1 aromatic heterocycles. The summed E-state index contributed by atoms with van der Waals surface area (Å²) in [7, 11) is 0. The molecule has 0 unspecified atom stereocenters. The van der Waals surface area contributed by atoms with Crippen molar-refractivity contribution >= 4 is 15.9 Å². The summed E-state index contributed by atoms with van der Waals surface area (Å²) in [6, 6.07) is 8.58. The topological polar surface area (TPSA) is 17.8 Å². The van der Waals surface area contributed by atoms with Crippen molar-refractivity contribution in [1.82, 2.24) is 9.55 Å². The number of halogens is 3. The van der Waals surface area contributed by atoms with E-state index in [4.69, 9.17) is 0 Å². The van der Waals surface area contributed by atoms with Crippen LogP contribution in [0.25, 0.3) is 17.1 Å². The number of hydrogen-bond acceptors (Lipinski definition) is 1. The van der Waals surface area contributed by atoms with Crippen LogP contribution < -0.4 is 0 Å². The molecular formula is C17H13BrF2N2. The van der Waals surface area contributed by atoms with Crippen LogP contribution in [0.5, 0.6) is 0 Å². The molecule has 0 atom stereocenters.